The number of aliphatic hydroxyl groups excluding tert-OH is 1. The lowest BCUT2D eigenvalue weighted by molar-refractivity contribution is -0.116. The third kappa shape index (κ3) is 6.90. The third-order valence-electron chi connectivity index (χ3n) is 2.39. The van der Waals surface area contributed by atoms with Gasteiger partial charge in [-0.3, -0.25) is 4.79 Å². The standard InChI is InChI=1S/C12H18N2O4S/c1-9(15)2-7-12(16)14-11-5-3-10(4-6-11)8-19(13,17)18/h3-6,9,15H,2,7-8H2,1H3,(H,14,16)(H2,13,17,18). The van der Waals surface area contributed by atoms with Crippen LogP contribution in [0.1, 0.15) is 25.3 Å². The van der Waals surface area contributed by atoms with Crippen molar-refractivity contribution in [2.45, 2.75) is 31.6 Å². The number of carbonyl (C=O) groups excluding carboxylic acids is 1. The molecule has 0 fully saturated rings. The first-order valence-electron chi connectivity index (χ1n) is 5.83. The van der Waals surface area contributed by atoms with E-state index in [9.17, 15) is 13.2 Å². The van der Waals surface area contributed by atoms with E-state index < -0.39 is 16.1 Å². The van der Waals surface area contributed by atoms with E-state index in [1.54, 1.807) is 31.2 Å². The zero-order chi connectivity index (χ0) is 14.5. The summed E-state index contributed by atoms with van der Waals surface area (Å²) in [5.74, 6) is -0.427. The number of nitrogens with two attached hydrogens (primary N) is 1. The van der Waals surface area contributed by atoms with E-state index >= 15 is 0 Å². The summed E-state index contributed by atoms with van der Waals surface area (Å²) in [5.41, 5.74) is 1.14. The van der Waals surface area contributed by atoms with E-state index in [4.69, 9.17) is 10.2 Å². The molecule has 6 nitrogen and oxygen atoms in total. The molecule has 0 aliphatic carbocycles. The molecule has 4 N–H and O–H groups in total. The van der Waals surface area contributed by atoms with Crippen molar-refractivity contribution in [1.82, 2.24) is 0 Å². The summed E-state index contributed by atoms with van der Waals surface area (Å²) in [6.07, 6.45) is 0.120. The zero-order valence-corrected chi connectivity index (χ0v) is 11.5. The van der Waals surface area contributed by atoms with Gasteiger partial charge in [-0.15, -0.1) is 0 Å². The Labute approximate surface area is 112 Å². The Morgan fingerprint density at radius 1 is 1.37 bits per heavy atom. The SMILES string of the molecule is CC(O)CCC(=O)Nc1ccc(CS(N)(=O)=O)cc1. The molecule has 1 aromatic carbocycles. The molecule has 0 heterocycles. The van der Waals surface area contributed by atoms with Gasteiger partial charge in [-0.25, -0.2) is 13.6 Å². The van der Waals surface area contributed by atoms with Gasteiger partial charge in [0, 0.05) is 12.1 Å². The van der Waals surface area contributed by atoms with E-state index in [1.807, 2.05) is 0 Å². The highest BCUT2D eigenvalue weighted by molar-refractivity contribution is 7.88. The van der Waals surface area contributed by atoms with Crippen molar-refractivity contribution in [3.63, 3.8) is 0 Å². The Bertz CT molecular complexity index is 523. The molecule has 106 valence electrons. The first-order valence-corrected chi connectivity index (χ1v) is 7.55. The molecule has 19 heavy (non-hydrogen) atoms. The third-order valence-corrected chi connectivity index (χ3v) is 3.13. The lowest BCUT2D eigenvalue weighted by Gasteiger charge is -2.07. The Morgan fingerprint density at radius 2 is 1.95 bits per heavy atom. The minimum absolute atomic E-state index is 0.194. The van der Waals surface area contributed by atoms with Crippen LogP contribution >= 0.6 is 0 Å². The van der Waals surface area contributed by atoms with Gasteiger partial charge < -0.3 is 10.4 Å². The predicted molar refractivity (Wildman–Crippen MR) is 72.8 cm³/mol. The number of carbonyl (C=O) groups is 1. The number of rotatable bonds is 6. The van der Waals surface area contributed by atoms with Crippen LogP contribution in [0, 0.1) is 0 Å². The van der Waals surface area contributed by atoms with Crippen molar-refractivity contribution in [3.8, 4) is 0 Å². The van der Waals surface area contributed by atoms with Gasteiger partial charge in [0.05, 0.1) is 11.9 Å². The van der Waals surface area contributed by atoms with Crippen LogP contribution < -0.4 is 10.5 Å². The minimum atomic E-state index is -3.55. The first-order chi connectivity index (χ1) is 8.76. The summed E-state index contributed by atoms with van der Waals surface area (Å²) < 4.78 is 21.8. The monoisotopic (exact) mass is 286 g/mol. The van der Waals surface area contributed by atoms with E-state index in [0.29, 0.717) is 17.7 Å². The van der Waals surface area contributed by atoms with E-state index in [2.05, 4.69) is 5.32 Å². The van der Waals surface area contributed by atoms with Gasteiger partial charge in [-0.1, -0.05) is 12.1 Å². The molecule has 7 heteroatoms. The van der Waals surface area contributed by atoms with Crippen molar-refractivity contribution in [2.24, 2.45) is 5.14 Å². The molecule has 0 saturated heterocycles. The van der Waals surface area contributed by atoms with E-state index in [1.165, 1.54) is 0 Å². The van der Waals surface area contributed by atoms with Crippen LogP contribution in [0.4, 0.5) is 5.69 Å². The summed E-state index contributed by atoms with van der Waals surface area (Å²) in [7, 11) is -3.55. The number of hydrogen-bond donors (Lipinski definition) is 3. The Hall–Kier alpha value is -1.44. The molecule has 1 aromatic rings. The summed E-state index contributed by atoms with van der Waals surface area (Å²) in [6, 6.07) is 6.41. The van der Waals surface area contributed by atoms with Crippen molar-refractivity contribution < 1.29 is 18.3 Å². The molecule has 1 rings (SSSR count). The number of aliphatic hydroxyl groups is 1. The molecular weight excluding hydrogens is 268 g/mol. The van der Waals surface area contributed by atoms with Gasteiger partial charge >= 0.3 is 0 Å². The maximum atomic E-state index is 11.5. The van der Waals surface area contributed by atoms with Crippen molar-refractivity contribution in [3.05, 3.63) is 29.8 Å². The van der Waals surface area contributed by atoms with E-state index in [0.717, 1.165) is 0 Å². The Kier molecular flexibility index (Phi) is 5.46. The first kappa shape index (κ1) is 15.6. The minimum Gasteiger partial charge on any atom is -0.393 e. The second kappa shape index (κ2) is 6.65. The molecule has 0 aliphatic rings. The zero-order valence-electron chi connectivity index (χ0n) is 10.7. The number of hydrogen-bond acceptors (Lipinski definition) is 4. The highest BCUT2D eigenvalue weighted by atomic mass is 32.2. The number of sulfonamides is 1. The molecule has 0 aliphatic heterocycles. The lowest BCUT2D eigenvalue weighted by atomic mass is 10.2. The molecule has 0 radical (unpaired) electrons. The van der Waals surface area contributed by atoms with Crippen LogP contribution in [0.15, 0.2) is 24.3 Å². The molecule has 1 amide bonds. The summed E-state index contributed by atoms with van der Waals surface area (Å²) in [5, 5.41) is 16.7. The quantitative estimate of drug-likeness (QED) is 0.710. The second-order valence-corrected chi connectivity index (χ2v) is 6.05. The van der Waals surface area contributed by atoms with Gasteiger partial charge in [-0.2, -0.15) is 0 Å². The fourth-order valence-electron chi connectivity index (χ4n) is 1.48. The largest absolute Gasteiger partial charge is 0.393 e. The van der Waals surface area contributed by atoms with Crippen LogP contribution in [0.5, 0.6) is 0 Å². The number of anilines is 1. The average Bonchev–Trinajstić information content (AvgIpc) is 2.27. The Balaban J connectivity index is 2.55. The maximum Gasteiger partial charge on any atom is 0.224 e. The van der Waals surface area contributed by atoms with Crippen LogP contribution in [0.25, 0.3) is 0 Å². The van der Waals surface area contributed by atoms with Crippen LogP contribution in [-0.2, 0) is 20.6 Å². The smallest absolute Gasteiger partial charge is 0.224 e. The highest BCUT2D eigenvalue weighted by Gasteiger charge is 2.07. The van der Waals surface area contributed by atoms with Crippen molar-refractivity contribution in [1.29, 1.82) is 0 Å². The van der Waals surface area contributed by atoms with Crippen LogP contribution in [0.3, 0.4) is 0 Å². The molecule has 0 saturated carbocycles. The molecule has 1 atom stereocenters. The van der Waals surface area contributed by atoms with Gasteiger partial charge in [-0.05, 0) is 31.0 Å². The fourth-order valence-corrected chi connectivity index (χ4v) is 2.14. The van der Waals surface area contributed by atoms with E-state index in [-0.39, 0.29) is 18.1 Å². The van der Waals surface area contributed by atoms with Gasteiger partial charge in [0.1, 0.15) is 0 Å². The topological polar surface area (TPSA) is 109 Å². The second-order valence-electron chi connectivity index (χ2n) is 4.44. The molecule has 0 aromatic heterocycles. The highest BCUT2D eigenvalue weighted by Crippen LogP contribution is 2.12. The number of benzene rings is 1. The summed E-state index contributed by atoms with van der Waals surface area (Å²) >= 11 is 0. The van der Waals surface area contributed by atoms with Crippen LogP contribution in [0.2, 0.25) is 0 Å². The van der Waals surface area contributed by atoms with Crippen molar-refractivity contribution in [2.75, 3.05) is 5.32 Å². The number of amides is 1. The lowest BCUT2D eigenvalue weighted by Crippen LogP contribution is -2.15. The normalized spacial score (nSPS) is 13.0. The summed E-state index contributed by atoms with van der Waals surface area (Å²) in [6.45, 7) is 1.62. The maximum absolute atomic E-state index is 11.5. The Morgan fingerprint density at radius 3 is 2.42 bits per heavy atom. The molecule has 0 bridgehead atoms. The average molecular weight is 286 g/mol. The molecular formula is C12H18N2O4S. The van der Waals surface area contributed by atoms with Gasteiger partial charge in [0.25, 0.3) is 0 Å². The van der Waals surface area contributed by atoms with Gasteiger partial charge in [0.15, 0.2) is 0 Å². The molecule has 1 unspecified atom stereocenters. The van der Waals surface area contributed by atoms with Crippen LogP contribution in [-0.4, -0.2) is 25.5 Å². The summed E-state index contributed by atoms with van der Waals surface area (Å²) in [4.78, 5) is 11.5. The fraction of sp³-hybridized carbons (Fsp3) is 0.417. The molecule has 0 spiro atoms. The number of primary sulfonamides is 1. The number of nitrogens with one attached hydrogen (secondary N) is 1. The van der Waals surface area contributed by atoms with Crippen molar-refractivity contribution >= 4 is 21.6 Å². The predicted octanol–water partition coefficient (Wildman–Crippen LogP) is 0.575. The van der Waals surface area contributed by atoms with Gasteiger partial charge in [0.2, 0.25) is 15.9 Å².